The second-order valence-electron chi connectivity index (χ2n) is 5.73. The molecule has 0 bridgehead atoms. The average molecular weight is 369 g/mol. The van der Waals surface area contributed by atoms with E-state index in [0.717, 1.165) is 5.56 Å². The van der Waals surface area contributed by atoms with Crippen LogP contribution in [-0.4, -0.2) is 31.7 Å². The van der Waals surface area contributed by atoms with Gasteiger partial charge >= 0.3 is 0 Å². The Labute approximate surface area is 153 Å². The molecule has 4 aromatic rings. The Morgan fingerprint density at radius 1 is 0.923 bits per heavy atom. The van der Waals surface area contributed by atoms with Crippen molar-refractivity contribution in [3.05, 3.63) is 65.4 Å². The van der Waals surface area contributed by atoms with E-state index in [1.54, 1.807) is 16.8 Å². The summed E-state index contributed by atoms with van der Waals surface area (Å²) in [7, 11) is 0. The SMILES string of the molecule is OCCn1nc(-c2ccc(F)cc2)c2c(Cl)c(-c3ccccc3)nnc21. The first-order valence-corrected chi connectivity index (χ1v) is 8.41. The fourth-order valence-corrected chi connectivity index (χ4v) is 3.18. The number of aliphatic hydroxyl groups excluding tert-OH is 1. The maximum Gasteiger partial charge on any atom is 0.182 e. The number of aliphatic hydroxyl groups is 1. The van der Waals surface area contributed by atoms with E-state index in [1.165, 1.54) is 12.1 Å². The van der Waals surface area contributed by atoms with Crippen LogP contribution in [-0.2, 0) is 6.54 Å². The number of aromatic nitrogens is 4. The number of fused-ring (bicyclic) bond motifs is 1. The molecule has 5 nitrogen and oxygen atoms in total. The summed E-state index contributed by atoms with van der Waals surface area (Å²) in [6.07, 6.45) is 0. The zero-order valence-electron chi connectivity index (χ0n) is 13.6. The molecule has 2 heterocycles. The van der Waals surface area contributed by atoms with Crippen molar-refractivity contribution in [2.24, 2.45) is 0 Å². The zero-order valence-corrected chi connectivity index (χ0v) is 14.4. The van der Waals surface area contributed by atoms with Gasteiger partial charge in [-0.05, 0) is 24.3 Å². The summed E-state index contributed by atoms with van der Waals surface area (Å²) in [6.45, 7) is 0.159. The van der Waals surface area contributed by atoms with Crippen LogP contribution in [0.5, 0.6) is 0 Å². The molecule has 0 aliphatic heterocycles. The lowest BCUT2D eigenvalue weighted by Gasteiger charge is -2.05. The smallest absolute Gasteiger partial charge is 0.182 e. The molecule has 0 spiro atoms. The van der Waals surface area contributed by atoms with Crippen LogP contribution < -0.4 is 0 Å². The van der Waals surface area contributed by atoms with E-state index in [9.17, 15) is 9.50 Å². The Balaban J connectivity index is 2.00. The molecule has 0 radical (unpaired) electrons. The van der Waals surface area contributed by atoms with E-state index in [4.69, 9.17) is 11.6 Å². The Kier molecular flexibility index (Phi) is 4.36. The largest absolute Gasteiger partial charge is 0.394 e. The predicted molar refractivity (Wildman–Crippen MR) is 98.2 cm³/mol. The molecule has 4 rings (SSSR count). The second-order valence-corrected chi connectivity index (χ2v) is 6.11. The van der Waals surface area contributed by atoms with E-state index in [2.05, 4.69) is 15.3 Å². The maximum atomic E-state index is 13.3. The van der Waals surface area contributed by atoms with Gasteiger partial charge in [0.05, 0.1) is 23.6 Å². The van der Waals surface area contributed by atoms with Gasteiger partial charge in [0.15, 0.2) is 5.65 Å². The summed E-state index contributed by atoms with van der Waals surface area (Å²) in [5, 5.41) is 23.4. The van der Waals surface area contributed by atoms with Gasteiger partial charge in [-0.25, -0.2) is 9.07 Å². The first kappa shape index (κ1) is 16.6. The molecule has 1 N–H and O–H groups in total. The lowest BCUT2D eigenvalue weighted by molar-refractivity contribution is 0.271. The molecule has 2 aromatic carbocycles. The minimum atomic E-state index is -0.330. The van der Waals surface area contributed by atoms with Crippen LogP contribution in [0, 0.1) is 5.82 Å². The highest BCUT2D eigenvalue weighted by atomic mass is 35.5. The second kappa shape index (κ2) is 6.82. The van der Waals surface area contributed by atoms with E-state index in [0.29, 0.717) is 33.0 Å². The van der Waals surface area contributed by atoms with Crippen molar-refractivity contribution in [1.29, 1.82) is 0 Å². The minimum absolute atomic E-state index is 0.0978. The number of hydrogen-bond acceptors (Lipinski definition) is 4. The van der Waals surface area contributed by atoms with E-state index in [-0.39, 0.29) is 19.0 Å². The fourth-order valence-electron chi connectivity index (χ4n) is 2.86. The van der Waals surface area contributed by atoms with Crippen molar-refractivity contribution >= 4 is 22.6 Å². The summed E-state index contributed by atoms with van der Waals surface area (Å²) in [5.74, 6) is -0.330. The lowest BCUT2D eigenvalue weighted by atomic mass is 10.1. The number of nitrogens with zero attached hydrogens (tertiary/aromatic N) is 4. The summed E-state index contributed by atoms with van der Waals surface area (Å²) >= 11 is 6.68. The van der Waals surface area contributed by atoms with Crippen molar-refractivity contribution in [2.75, 3.05) is 6.61 Å². The molecule has 130 valence electrons. The molecular formula is C19H14ClFN4O. The quantitative estimate of drug-likeness (QED) is 0.592. The molecule has 0 amide bonds. The van der Waals surface area contributed by atoms with Crippen LogP contribution in [0.4, 0.5) is 4.39 Å². The van der Waals surface area contributed by atoms with Crippen LogP contribution in [0.1, 0.15) is 0 Å². The van der Waals surface area contributed by atoms with Crippen molar-refractivity contribution in [3.63, 3.8) is 0 Å². The molecule has 0 saturated carbocycles. The van der Waals surface area contributed by atoms with Crippen LogP contribution in [0.25, 0.3) is 33.5 Å². The van der Waals surface area contributed by atoms with Crippen LogP contribution >= 0.6 is 11.6 Å². The number of hydrogen-bond donors (Lipinski definition) is 1. The van der Waals surface area contributed by atoms with Crippen LogP contribution in [0.2, 0.25) is 5.02 Å². The molecule has 26 heavy (non-hydrogen) atoms. The first-order valence-electron chi connectivity index (χ1n) is 8.04. The van der Waals surface area contributed by atoms with Gasteiger partial charge in [0, 0.05) is 11.1 Å². The van der Waals surface area contributed by atoms with Gasteiger partial charge in [-0.2, -0.15) is 5.10 Å². The molecule has 0 aliphatic rings. The van der Waals surface area contributed by atoms with Gasteiger partial charge in [0.1, 0.15) is 17.2 Å². The lowest BCUT2D eigenvalue weighted by Crippen LogP contribution is -2.05. The third kappa shape index (κ3) is 2.83. The first-order chi connectivity index (χ1) is 12.7. The van der Waals surface area contributed by atoms with Gasteiger partial charge in [0.2, 0.25) is 0 Å². The monoisotopic (exact) mass is 368 g/mol. The van der Waals surface area contributed by atoms with Crippen molar-refractivity contribution < 1.29 is 9.50 Å². The van der Waals surface area contributed by atoms with Crippen LogP contribution in [0.3, 0.4) is 0 Å². The summed E-state index contributed by atoms with van der Waals surface area (Å²) in [4.78, 5) is 0. The van der Waals surface area contributed by atoms with Crippen LogP contribution in [0.15, 0.2) is 54.6 Å². The highest BCUT2D eigenvalue weighted by molar-refractivity contribution is 6.38. The van der Waals surface area contributed by atoms with Gasteiger partial charge in [-0.3, -0.25) is 0 Å². The fraction of sp³-hybridized carbons (Fsp3) is 0.105. The third-order valence-electron chi connectivity index (χ3n) is 4.07. The Morgan fingerprint density at radius 2 is 1.62 bits per heavy atom. The van der Waals surface area contributed by atoms with Crippen molar-refractivity contribution in [3.8, 4) is 22.5 Å². The molecule has 0 saturated heterocycles. The van der Waals surface area contributed by atoms with E-state index < -0.39 is 0 Å². The van der Waals surface area contributed by atoms with E-state index >= 15 is 0 Å². The molecule has 0 unspecified atom stereocenters. The normalized spacial score (nSPS) is 11.2. The van der Waals surface area contributed by atoms with Gasteiger partial charge < -0.3 is 5.11 Å². The highest BCUT2D eigenvalue weighted by Gasteiger charge is 2.20. The van der Waals surface area contributed by atoms with Crippen molar-refractivity contribution in [1.82, 2.24) is 20.0 Å². The molecule has 0 atom stereocenters. The summed E-state index contributed by atoms with van der Waals surface area (Å²) < 4.78 is 14.9. The predicted octanol–water partition coefficient (Wildman–Crippen LogP) is 3.95. The van der Waals surface area contributed by atoms with E-state index in [1.807, 2.05) is 30.3 Å². The van der Waals surface area contributed by atoms with Gasteiger partial charge in [-0.15, -0.1) is 10.2 Å². The average Bonchev–Trinajstić information content (AvgIpc) is 3.03. The Bertz CT molecular complexity index is 1060. The molecule has 7 heteroatoms. The number of rotatable bonds is 4. The molecule has 0 fully saturated rings. The Hall–Kier alpha value is -2.83. The van der Waals surface area contributed by atoms with Gasteiger partial charge in [0.25, 0.3) is 0 Å². The molecule has 0 aliphatic carbocycles. The topological polar surface area (TPSA) is 63.8 Å². The minimum Gasteiger partial charge on any atom is -0.394 e. The Morgan fingerprint density at radius 3 is 2.31 bits per heavy atom. The maximum absolute atomic E-state index is 13.3. The van der Waals surface area contributed by atoms with Gasteiger partial charge in [-0.1, -0.05) is 41.9 Å². The van der Waals surface area contributed by atoms with Crippen molar-refractivity contribution in [2.45, 2.75) is 6.54 Å². The summed E-state index contributed by atoms with van der Waals surface area (Å²) in [5.41, 5.74) is 3.15. The third-order valence-corrected chi connectivity index (χ3v) is 4.44. The standard InChI is InChI=1S/C19H14ClFN4O/c20-16-15-17(13-6-8-14(21)9-7-13)24-25(10-11-26)19(15)23-22-18(16)12-4-2-1-3-5-12/h1-9,26H,10-11H2. The highest BCUT2D eigenvalue weighted by Crippen LogP contribution is 2.37. The molecule has 2 aromatic heterocycles. The molecular weight excluding hydrogens is 355 g/mol. The number of halogens is 2. The zero-order chi connectivity index (χ0) is 18.1. The number of benzene rings is 2. The summed E-state index contributed by atoms with van der Waals surface area (Å²) in [6, 6.07) is 15.5.